The lowest BCUT2D eigenvalue weighted by atomic mass is 10.1. The molecule has 0 N–H and O–H groups in total. The second-order valence-electron chi connectivity index (χ2n) is 16.0. The fourth-order valence-electron chi connectivity index (χ4n) is 9.78. The third-order valence-electron chi connectivity index (χ3n) is 12.5. The van der Waals surface area contributed by atoms with Gasteiger partial charge >= 0.3 is 0 Å². The average Bonchev–Trinajstić information content (AvgIpc) is 4.00. The van der Waals surface area contributed by atoms with Crippen molar-refractivity contribution < 1.29 is 0 Å². The van der Waals surface area contributed by atoms with Gasteiger partial charge in [0.05, 0.1) is 38.8 Å². The van der Waals surface area contributed by atoms with Gasteiger partial charge in [0, 0.05) is 60.4 Å². The van der Waals surface area contributed by atoms with Crippen LogP contribution in [0, 0.1) is 0 Å². The molecule has 63 heavy (non-hydrogen) atoms. The van der Waals surface area contributed by atoms with Crippen molar-refractivity contribution in [3.63, 3.8) is 0 Å². The normalized spacial score (nSPS) is 11.8. The Hall–Kier alpha value is -8.61. The summed E-state index contributed by atoms with van der Waals surface area (Å²) < 4.78 is 7.18. The SMILES string of the molecule is c1ccc(-c2nc(-c3cccc(-n4c5ccccc5c5ccccc54)c3)nc(-c3ccccc3-n3c4ccccc4c4ccc5c6ccccc6n(-c6ccccc6)c5c43)n2)cc1. The van der Waals surface area contributed by atoms with Crippen LogP contribution in [-0.2, 0) is 0 Å². The van der Waals surface area contributed by atoms with Gasteiger partial charge < -0.3 is 13.7 Å². The van der Waals surface area contributed by atoms with E-state index >= 15 is 0 Å². The smallest absolute Gasteiger partial charge is 0.166 e. The van der Waals surface area contributed by atoms with Crippen molar-refractivity contribution in [2.75, 3.05) is 0 Å². The Kier molecular flexibility index (Phi) is 7.80. The maximum atomic E-state index is 5.39. The van der Waals surface area contributed by atoms with Crippen LogP contribution < -0.4 is 0 Å². The molecule has 0 fully saturated rings. The number of fused-ring (bicyclic) bond motifs is 10. The highest BCUT2D eigenvalue weighted by molar-refractivity contribution is 6.24. The molecule has 13 aromatic rings. The van der Waals surface area contributed by atoms with Crippen LogP contribution >= 0.6 is 0 Å². The molecular formula is C57H36N6. The predicted molar refractivity (Wildman–Crippen MR) is 259 cm³/mol. The lowest BCUT2D eigenvalue weighted by Crippen LogP contribution is -2.04. The molecule has 13 rings (SSSR count). The van der Waals surface area contributed by atoms with E-state index in [4.69, 9.17) is 15.0 Å². The van der Waals surface area contributed by atoms with E-state index in [0.29, 0.717) is 17.5 Å². The van der Waals surface area contributed by atoms with E-state index in [-0.39, 0.29) is 0 Å². The molecule has 0 unspecified atom stereocenters. The Morgan fingerprint density at radius 2 is 0.698 bits per heavy atom. The molecule has 4 aromatic heterocycles. The van der Waals surface area contributed by atoms with Crippen molar-refractivity contribution in [3.8, 4) is 51.2 Å². The number of para-hydroxylation sites is 6. The van der Waals surface area contributed by atoms with Crippen molar-refractivity contribution in [3.05, 3.63) is 218 Å². The van der Waals surface area contributed by atoms with E-state index in [1.807, 2.05) is 18.2 Å². The molecule has 0 amide bonds. The molecule has 0 atom stereocenters. The number of aromatic nitrogens is 6. The Bertz CT molecular complexity index is 3860. The maximum absolute atomic E-state index is 5.39. The Balaban J connectivity index is 1.08. The first-order valence-electron chi connectivity index (χ1n) is 21.3. The van der Waals surface area contributed by atoms with Gasteiger partial charge in [0.25, 0.3) is 0 Å². The summed E-state index contributed by atoms with van der Waals surface area (Å²) in [5.74, 6) is 1.81. The van der Waals surface area contributed by atoms with E-state index in [2.05, 4.69) is 214 Å². The molecule has 9 aromatic carbocycles. The predicted octanol–water partition coefficient (Wildman–Crippen LogP) is 14.2. The van der Waals surface area contributed by atoms with E-state index in [1.54, 1.807) is 0 Å². The van der Waals surface area contributed by atoms with Crippen molar-refractivity contribution in [2.24, 2.45) is 0 Å². The van der Waals surface area contributed by atoms with Gasteiger partial charge in [-0.2, -0.15) is 0 Å². The van der Waals surface area contributed by atoms with Crippen molar-refractivity contribution in [2.45, 2.75) is 0 Å². The Morgan fingerprint density at radius 3 is 1.33 bits per heavy atom. The Labute approximate surface area is 362 Å². The zero-order valence-corrected chi connectivity index (χ0v) is 34.0. The monoisotopic (exact) mass is 804 g/mol. The number of rotatable bonds is 6. The van der Waals surface area contributed by atoms with Gasteiger partial charge in [0.15, 0.2) is 17.5 Å². The van der Waals surface area contributed by atoms with Gasteiger partial charge in [-0.3, -0.25) is 0 Å². The van der Waals surface area contributed by atoms with Crippen LogP contribution in [-0.4, -0.2) is 28.7 Å². The van der Waals surface area contributed by atoms with Crippen LogP contribution in [0.25, 0.3) is 117 Å². The minimum Gasteiger partial charge on any atom is -0.309 e. The molecule has 0 aliphatic heterocycles. The third kappa shape index (κ3) is 5.41. The molecule has 294 valence electrons. The summed E-state index contributed by atoms with van der Waals surface area (Å²) in [5, 5.41) is 7.20. The highest BCUT2D eigenvalue weighted by atomic mass is 15.1. The molecule has 0 radical (unpaired) electrons. The molecule has 0 aliphatic rings. The molecule has 4 heterocycles. The lowest BCUT2D eigenvalue weighted by molar-refractivity contribution is 1.06. The number of benzene rings is 9. The topological polar surface area (TPSA) is 53.5 Å². The first-order chi connectivity index (χ1) is 31.3. The molecular weight excluding hydrogens is 769 g/mol. The van der Waals surface area contributed by atoms with Crippen LogP contribution in [0.3, 0.4) is 0 Å². The summed E-state index contributed by atoms with van der Waals surface area (Å²) in [5.41, 5.74) is 12.7. The standard InChI is InChI=1S/C57H36N6/c1-3-18-37(19-4-1)55-58-56(38-20-17-23-40(36-38)61-48-29-12-7-24-41(48)42-25-8-13-30-49(42)61)60-57(59-55)47-28-11-16-33-52(47)63-51-32-15-10-27-44(51)46-35-34-45-43-26-9-14-31-50(43)62(53(45)54(46)63)39-21-5-2-6-22-39/h1-36H. The van der Waals surface area contributed by atoms with E-state index in [9.17, 15) is 0 Å². The zero-order valence-electron chi connectivity index (χ0n) is 34.0. The second-order valence-corrected chi connectivity index (χ2v) is 16.0. The highest BCUT2D eigenvalue weighted by Gasteiger charge is 2.24. The molecule has 6 heteroatoms. The molecule has 0 saturated carbocycles. The van der Waals surface area contributed by atoms with Crippen molar-refractivity contribution in [1.82, 2.24) is 28.7 Å². The highest BCUT2D eigenvalue weighted by Crippen LogP contribution is 2.43. The molecule has 6 nitrogen and oxygen atoms in total. The van der Waals surface area contributed by atoms with Gasteiger partial charge in [0.2, 0.25) is 0 Å². The van der Waals surface area contributed by atoms with Gasteiger partial charge in [-0.1, -0.05) is 158 Å². The molecule has 0 bridgehead atoms. The fourth-order valence-corrected chi connectivity index (χ4v) is 9.78. The zero-order chi connectivity index (χ0) is 41.4. The van der Waals surface area contributed by atoms with Gasteiger partial charge in [-0.15, -0.1) is 0 Å². The summed E-state index contributed by atoms with van der Waals surface area (Å²) in [6, 6.07) is 77.2. The van der Waals surface area contributed by atoms with Gasteiger partial charge in [-0.05, 0) is 60.7 Å². The van der Waals surface area contributed by atoms with Crippen LogP contribution in [0.4, 0.5) is 0 Å². The minimum absolute atomic E-state index is 0.596. The van der Waals surface area contributed by atoms with Gasteiger partial charge in [-0.25, -0.2) is 15.0 Å². The summed E-state index contributed by atoms with van der Waals surface area (Å²) in [6.45, 7) is 0. The van der Waals surface area contributed by atoms with E-state index < -0.39 is 0 Å². The molecule has 0 saturated heterocycles. The van der Waals surface area contributed by atoms with Crippen LogP contribution in [0.2, 0.25) is 0 Å². The minimum atomic E-state index is 0.596. The Morgan fingerprint density at radius 1 is 0.270 bits per heavy atom. The number of hydrogen-bond donors (Lipinski definition) is 0. The van der Waals surface area contributed by atoms with Gasteiger partial charge in [0.1, 0.15) is 0 Å². The fraction of sp³-hybridized carbons (Fsp3) is 0. The second kappa shape index (κ2) is 14.0. The third-order valence-corrected chi connectivity index (χ3v) is 12.5. The quantitative estimate of drug-likeness (QED) is 0.168. The summed E-state index contributed by atoms with van der Waals surface area (Å²) in [4.78, 5) is 15.9. The number of hydrogen-bond acceptors (Lipinski definition) is 3. The van der Waals surface area contributed by atoms with Crippen LogP contribution in [0.1, 0.15) is 0 Å². The van der Waals surface area contributed by atoms with Crippen molar-refractivity contribution >= 4 is 65.4 Å². The van der Waals surface area contributed by atoms with Crippen LogP contribution in [0.5, 0.6) is 0 Å². The summed E-state index contributed by atoms with van der Waals surface area (Å²) in [6.07, 6.45) is 0. The molecule has 0 spiro atoms. The lowest BCUT2D eigenvalue weighted by Gasteiger charge is -2.16. The maximum Gasteiger partial charge on any atom is 0.166 e. The molecule has 0 aliphatic carbocycles. The van der Waals surface area contributed by atoms with E-state index in [0.717, 1.165) is 66.9 Å². The van der Waals surface area contributed by atoms with Crippen LogP contribution in [0.15, 0.2) is 218 Å². The summed E-state index contributed by atoms with van der Waals surface area (Å²) >= 11 is 0. The largest absolute Gasteiger partial charge is 0.309 e. The first-order valence-corrected chi connectivity index (χ1v) is 21.3. The van der Waals surface area contributed by atoms with Crippen molar-refractivity contribution in [1.29, 1.82) is 0 Å². The van der Waals surface area contributed by atoms with E-state index in [1.165, 1.54) is 32.3 Å². The average molecular weight is 805 g/mol. The number of nitrogens with zero attached hydrogens (tertiary/aromatic N) is 6. The summed E-state index contributed by atoms with van der Waals surface area (Å²) in [7, 11) is 0. The first kappa shape index (κ1) is 35.2.